The highest BCUT2D eigenvalue weighted by atomic mass is 16.5. The molecule has 0 radical (unpaired) electrons. The van der Waals surface area contributed by atoms with Gasteiger partial charge >= 0.3 is 0 Å². The molecular formula is C15H20N2O3. The molecule has 1 aliphatic rings. The SMILES string of the molecule is NC(=O)CN1CCCCC(OCc2ccccc2)C1=O. The Hall–Kier alpha value is -1.88. The normalized spacial score (nSPS) is 19.7. The van der Waals surface area contributed by atoms with Crippen molar-refractivity contribution < 1.29 is 14.3 Å². The van der Waals surface area contributed by atoms with E-state index in [9.17, 15) is 9.59 Å². The fraction of sp³-hybridized carbons (Fsp3) is 0.467. The van der Waals surface area contributed by atoms with Crippen LogP contribution in [0.4, 0.5) is 0 Å². The second kappa shape index (κ2) is 7.05. The Morgan fingerprint density at radius 1 is 1.30 bits per heavy atom. The van der Waals surface area contributed by atoms with E-state index >= 15 is 0 Å². The fourth-order valence-corrected chi connectivity index (χ4v) is 2.34. The molecule has 1 saturated heterocycles. The summed E-state index contributed by atoms with van der Waals surface area (Å²) in [6.45, 7) is 0.957. The highest BCUT2D eigenvalue weighted by molar-refractivity contribution is 5.86. The molecule has 0 spiro atoms. The lowest BCUT2D eigenvalue weighted by atomic mass is 10.2. The molecule has 1 fully saturated rings. The summed E-state index contributed by atoms with van der Waals surface area (Å²) in [5.41, 5.74) is 6.21. The first kappa shape index (κ1) is 14.5. The molecule has 1 unspecified atom stereocenters. The number of hydrogen-bond acceptors (Lipinski definition) is 3. The van der Waals surface area contributed by atoms with Crippen LogP contribution in [0.15, 0.2) is 30.3 Å². The van der Waals surface area contributed by atoms with Gasteiger partial charge in [-0.15, -0.1) is 0 Å². The van der Waals surface area contributed by atoms with E-state index in [4.69, 9.17) is 10.5 Å². The number of likely N-dealkylation sites (tertiary alicyclic amines) is 1. The molecule has 5 nitrogen and oxygen atoms in total. The number of primary amides is 1. The second-order valence-electron chi connectivity index (χ2n) is 5.01. The van der Waals surface area contributed by atoms with Crippen molar-refractivity contribution in [3.8, 4) is 0 Å². The molecule has 0 bridgehead atoms. The molecule has 20 heavy (non-hydrogen) atoms. The summed E-state index contributed by atoms with van der Waals surface area (Å²) >= 11 is 0. The first-order chi connectivity index (χ1) is 9.66. The lowest BCUT2D eigenvalue weighted by molar-refractivity contribution is -0.145. The van der Waals surface area contributed by atoms with E-state index in [1.165, 1.54) is 4.90 Å². The summed E-state index contributed by atoms with van der Waals surface area (Å²) in [5, 5.41) is 0. The van der Waals surface area contributed by atoms with Gasteiger partial charge in [-0.05, 0) is 24.8 Å². The van der Waals surface area contributed by atoms with Gasteiger partial charge in [0.15, 0.2) is 0 Å². The van der Waals surface area contributed by atoms with E-state index in [1.807, 2.05) is 30.3 Å². The first-order valence-electron chi connectivity index (χ1n) is 6.89. The van der Waals surface area contributed by atoms with Crippen molar-refractivity contribution in [1.82, 2.24) is 4.90 Å². The van der Waals surface area contributed by atoms with Gasteiger partial charge < -0.3 is 15.4 Å². The van der Waals surface area contributed by atoms with Gasteiger partial charge in [0.1, 0.15) is 6.10 Å². The molecule has 0 saturated carbocycles. The van der Waals surface area contributed by atoms with Crippen molar-refractivity contribution in [2.24, 2.45) is 5.73 Å². The zero-order valence-corrected chi connectivity index (χ0v) is 11.5. The largest absolute Gasteiger partial charge is 0.368 e. The Morgan fingerprint density at radius 2 is 2.05 bits per heavy atom. The van der Waals surface area contributed by atoms with E-state index in [-0.39, 0.29) is 12.5 Å². The highest BCUT2D eigenvalue weighted by Gasteiger charge is 2.28. The minimum atomic E-state index is -0.484. The molecule has 2 N–H and O–H groups in total. The molecule has 1 heterocycles. The standard InChI is InChI=1S/C15H20N2O3/c16-14(18)10-17-9-5-4-8-13(15(17)19)20-11-12-6-2-1-3-7-12/h1-3,6-7,13H,4-5,8-11H2,(H2,16,18). The van der Waals surface area contributed by atoms with E-state index in [0.29, 0.717) is 19.6 Å². The quantitative estimate of drug-likeness (QED) is 0.874. The first-order valence-corrected chi connectivity index (χ1v) is 6.89. The van der Waals surface area contributed by atoms with Gasteiger partial charge in [-0.1, -0.05) is 30.3 Å². The fourth-order valence-electron chi connectivity index (χ4n) is 2.34. The van der Waals surface area contributed by atoms with E-state index < -0.39 is 12.0 Å². The number of amides is 2. The van der Waals surface area contributed by atoms with Crippen LogP contribution in [-0.4, -0.2) is 35.9 Å². The molecule has 0 aromatic heterocycles. The van der Waals surface area contributed by atoms with Crippen LogP contribution in [0.1, 0.15) is 24.8 Å². The summed E-state index contributed by atoms with van der Waals surface area (Å²) in [6, 6.07) is 9.74. The van der Waals surface area contributed by atoms with Crippen LogP contribution >= 0.6 is 0 Å². The predicted molar refractivity (Wildman–Crippen MR) is 74.6 cm³/mol. The average molecular weight is 276 g/mol. The molecule has 1 aromatic rings. The highest BCUT2D eigenvalue weighted by Crippen LogP contribution is 2.16. The number of carbonyl (C=O) groups is 2. The van der Waals surface area contributed by atoms with Crippen molar-refractivity contribution in [3.63, 3.8) is 0 Å². The van der Waals surface area contributed by atoms with E-state index in [2.05, 4.69) is 0 Å². The maximum Gasteiger partial charge on any atom is 0.252 e. The van der Waals surface area contributed by atoms with Crippen LogP contribution in [0, 0.1) is 0 Å². The minimum absolute atomic E-state index is 0.0238. The lowest BCUT2D eigenvalue weighted by Crippen LogP contribution is -2.43. The maximum atomic E-state index is 12.3. The van der Waals surface area contributed by atoms with E-state index in [1.54, 1.807) is 0 Å². The summed E-state index contributed by atoms with van der Waals surface area (Å²) in [5.74, 6) is -0.612. The maximum absolute atomic E-state index is 12.3. The molecule has 5 heteroatoms. The van der Waals surface area contributed by atoms with Crippen LogP contribution < -0.4 is 5.73 Å². The lowest BCUT2D eigenvalue weighted by Gasteiger charge is -2.23. The molecule has 1 aromatic carbocycles. The van der Waals surface area contributed by atoms with Crippen LogP contribution in [0.25, 0.3) is 0 Å². The topological polar surface area (TPSA) is 72.6 Å². The summed E-state index contributed by atoms with van der Waals surface area (Å²) in [4.78, 5) is 24.8. The third-order valence-corrected chi connectivity index (χ3v) is 3.37. The Bertz CT molecular complexity index is 461. The van der Waals surface area contributed by atoms with Crippen molar-refractivity contribution in [2.45, 2.75) is 32.0 Å². The van der Waals surface area contributed by atoms with Gasteiger partial charge in [0.05, 0.1) is 13.2 Å². The zero-order valence-electron chi connectivity index (χ0n) is 11.5. The van der Waals surface area contributed by atoms with Crippen molar-refractivity contribution in [2.75, 3.05) is 13.1 Å². The average Bonchev–Trinajstić information content (AvgIpc) is 2.61. The number of nitrogens with two attached hydrogens (primary N) is 1. The Balaban J connectivity index is 1.95. The number of benzene rings is 1. The van der Waals surface area contributed by atoms with Crippen molar-refractivity contribution >= 4 is 11.8 Å². The second-order valence-corrected chi connectivity index (χ2v) is 5.01. The summed E-state index contributed by atoms with van der Waals surface area (Å²) in [7, 11) is 0. The monoisotopic (exact) mass is 276 g/mol. The Labute approximate surface area is 118 Å². The smallest absolute Gasteiger partial charge is 0.252 e. The minimum Gasteiger partial charge on any atom is -0.368 e. The van der Waals surface area contributed by atoms with Crippen LogP contribution in [-0.2, 0) is 20.9 Å². The van der Waals surface area contributed by atoms with Gasteiger partial charge in [-0.2, -0.15) is 0 Å². The summed E-state index contributed by atoms with van der Waals surface area (Å²) < 4.78 is 5.73. The van der Waals surface area contributed by atoms with Crippen molar-refractivity contribution in [3.05, 3.63) is 35.9 Å². The number of carbonyl (C=O) groups excluding carboxylic acids is 2. The predicted octanol–water partition coefficient (Wildman–Crippen LogP) is 1.07. The third-order valence-electron chi connectivity index (χ3n) is 3.37. The molecule has 1 aliphatic heterocycles. The van der Waals surface area contributed by atoms with Crippen LogP contribution in [0.3, 0.4) is 0 Å². The Morgan fingerprint density at radius 3 is 2.75 bits per heavy atom. The number of ether oxygens (including phenoxy) is 1. The van der Waals surface area contributed by atoms with Gasteiger partial charge in [-0.3, -0.25) is 9.59 Å². The number of hydrogen-bond donors (Lipinski definition) is 1. The Kier molecular flexibility index (Phi) is 5.12. The van der Waals surface area contributed by atoms with Crippen LogP contribution in [0.2, 0.25) is 0 Å². The molecule has 108 valence electrons. The number of rotatable bonds is 5. The molecule has 2 rings (SSSR count). The van der Waals surface area contributed by atoms with Gasteiger partial charge in [-0.25, -0.2) is 0 Å². The molecule has 1 atom stereocenters. The van der Waals surface area contributed by atoms with Gasteiger partial charge in [0, 0.05) is 6.54 Å². The summed E-state index contributed by atoms with van der Waals surface area (Å²) in [6.07, 6.45) is 2.02. The van der Waals surface area contributed by atoms with Crippen molar-refractivity contribution in [1.29, 1.82) is 0 Å². The molecular weight excluding hydrogens is 256 g/mol. The zero-order chi connectivity index (χ0) is 14.4. The van der Waals surface area contributed by atoms with Gasteiger partial charge in [0.2, 0.25) is 5.91 Å². The number of nitrogens with zero attached hydrogens (tertiary/aromatic N) is 1. The van der Waals surface area contributed by atoms with Gasteiger partial charge in [0.25, 0.3) is 5.91 Å². The molecule has 2 amide bonds. The third kappa shape index (κ3) is 4.06. The molecule has 0 aliphatic carbocycles. The van der Waals surface area contributed by atoms with E-state index in [0.717, 1.165) is 18.4 Å². The van der Waals surface area contributed by atoms with Crippen LogP contribution in [0.5, 0.6) is 0 Å².